The molecule has 11 aromatic rings. The second-order valence-corrected chi connectivity index (χ2v) is 17.4. The van der Waals surface area contributed by atoms with Crippen LogP contribution in [-0.2, 0) is 0 Å². The minimum atomic E-state index is 0.675. The van der Waals surface area contributed by atoms with E-state index >= 15 is 0 Å². The summed E-state index contributed by atoms with van der Waals surface area (Å²) in [5, 5.41) is 6.45. The largest absolute Gasteiger partial charge is 0.452 e. The average Bonchev–Trinajstić information content (AvgIpc) is 3.86. The van der Waals surface area contributed by atoms with Crippen LogP contribution in [0.1, 0.15) is 38.9 Å². The number of rotatable bonds is 9. The Bertz CT molecular complexity index is 3620. The van der Waals surface area contributed by atoms with Crippen molar-refractivity contribution in [1.82, 2.24) is 0 Å². The molecule has 11 rings (SSSR count). The number of aryl methyl sites for hydroxylation is 5. The topological polar surface area (TPSA) is 32.8 Å². The van der Waals surface area contributed by atoms with Crippen LogP contribution in [0.25, 0.3) is 60.6 Å². The molecule has 314 valence electrons. The number of fused-ring (bicyclic) bond motifs is 4. The number of furan rings is 2. The monoisotopic (exact) mass is 840 g/mol. The highest BCUT2D eigenvalue weighted by molar-refractivity contribution is 6.08. The predicted molar refractivity (Wildman–Crippen MR) is 274 cm³/mol. The van der Waals surface area contributed by atoms with Crippen molar-refractivity contribution in [3.05, 3.63) is 234 Å². The van der Waals surface area contributed by atoms with Crippen LogP contribution < -0.4 is 9.80 Å². The fraction of sp³-hybridized carbons (Fsp3) is 0.0820. The molecule has 0 amide bonds. The molecule has 2 heterocycles. The molecule has 0 N–H and O–H groups in total. The van der Waals surface area contributed by atoms with Crippen molar-refractivity contribution >= 4 is 83.2 Å². The van der Waals surface area contributed by atoms with Crippen molar-refractivity contribution in [3.8, 4) is 11.5 Å². The fourth-order valence-electron chi connectivity index (χ4n) is 9.45. The summed E-state index contributed by atoms with van der Waals surface area (Å²) in [6.45, 7) is 15.5. The lowest BCUT2D eigenvalue weighted by molar-refractivity contribution is 0.567. The van der Waals surface area contributed by atoms with E-state index in [0.29, 0.717) is 11.5 Å². The standard InChI is InChI=1S/C61H48N2O2/c1-38-22-24-40(3)55(30-38)62(49-18-12-8-13-19-49)51-28-26-45-34-53-43(6)60(64-57(53)36-47(45)32-51)61-59(42(5)44-16-10-7-11-17-44)54-35-46-27-29-52(33-48(46)37-58(54)65-61)63(50-20-14-9-15-21-50)56-31-39(2)23-25-41(56)4/h7-37H,5H2,1-4,6H3. The van der Waals surface area contributed by atoms with E-state index < -0.39 is 0 Å². The molecular formula is C61H48N2O2. The molecule has 0 aliphatic rings. The maximum Gasteiger partial charge on any atom is 0.178 e. The molecule has 0 atom stereocenters. The summed E-state index contributed by atoms with van der Waals surface area (Å²) >= 11 is 0. The normalized spacial score (nSPS) is 11.5. The molecule has 0 unspecified atom stereocenters. The van der Waals surface area contributed by atoms with Gasteiger partial charge in [0.2, 0.25) is 0 Å². The molecule has 0 aliphatic heterocycles. The van der Waals surface area contributed by atoms with Crippen molar-refractivity contribution < 1.29 is 8.83 Å². The molecule has 0 bridgehead atoms. The van der Waals surface area contributed by atoms with Gasteiger partial charge in [-0.25, -0.2) is 0 Å². The van der Waals surface area contributed by atoms with E-state index in [2.05, 4.69) is 226 Å². The lowest BCUT2D eigenvalue weighted by Crippen LogP contribution is -2.11. The van der Waals surface area contributed by atoms with E-state index in [0.717, 1.165) is 99.9 Å². The highest BCUT2D eigenvalue weighted by atomic mass is 16.4. The van der Waals surface area contributed by atoms with E-state index in [1.165, 1.54) is 22.3 Å². The smallest absolute Gasteiger partial charge is 0.178 e. The summed E-state index contributed by atoms with van der Waals surface area (Å²) in [4.78, 5) is 4.69. The van der Waals surface area contributed by atoms with Crippen molar-refractivity contribution in [1.29, 1.82) is 0 Å². The van der Waals surface area contributed by atoms with Gasteiger partial charge in [-0.05, 0) is 174 Å². The Morgan fingerprint density at radius 2 is 0.862 bits per heavy atom. The lowest BCUT2D eigenvalue weighted by Gasteiger charge is -2.27. The number of para-hydroxylation sites is 2. The first-order valence-corrected chi connectivity index (χ1v) is 22.3. The maximum absolute atomic E-state index is 7.04. The van der Waals surface area contributed by atoms with Gasteiger partial charge >= 0.3 is 0 Å². The quantitative estimate of drug-likeness (QED) is 0.145. The molecule has 9 aromatic carbocycles. The SMILES string of the molecule is C=C(c1ccccc1)c1c(-c2oc3cc4cc(N(c5ccccc5)c5cc(C)ccc5C)ccc4cc3c2C)oc2cc3cc(N(c4ccccc4)c4cc(C)ccc4C)ccc3cc12. The van der Waals surface area contributed by atoms with Crippen molar-refractivity contribution in [3.63, 3.8) is 0 Å². The zero-order valence-electron chi connectivity index (χ0n) is 37.3. The van der Waals surface area contributed by atoms with Crippen LogP contribution >= 0.6 is 0 Å². The highest BCUT2D eigenvalue weighted by Crippen LogP contribution is 2.47. The summed E-state index contributed by atoms with van der Waals surface area (Å²) in [6.07, 6.45) is 0. The van der Waals surface area contributed by atoms with Gasteiger partial charge in [0, 0.05) is 56.0 Å². The number of nitrogens with zero attached hydrogens (tertiary/aromatic N) is 2. The molecule has 4 heteroatoms. The molecule has 4 nitrogen and oxygen atoms in total. The minimum Gasteiger partial charge on any atom is -0.452 e. The van der Waals surface area contributed by atoms with Gasteiger partial charge in [-0.2, -0.15) is 0 Å². The number of anilines is 6. The molecule has 0 spiro atoms. The molecule has 2 aromatic heterocycles. The first-order chi connectivity index (χ1) is 31.7. The second kappa shape index (κ2) is 15.9. The van der Waals surface area contributed by atoms with E-state index in [1.807, 2.05) is 6.07 Å². The van der Waals surface area contributed by atoms with Crippen LogP contribution in [0.5, 0.6) is 0 Å². The lowest BCUT2D eigenvalue weighted by atomic mass is 9.94. The second-order valence-electron chi connectivity index (χ2n) is 17.4. The van der Waals surface area contributed by atoms with Gasteiger partial charge in [0.15, 0.2) is 11.5 Å². The van der Waals surface area contributed by atoms with Crippen LogP contribution in [0.3, 0.4) is 0 Å². The van der Waals surface area contributed by atoms with Crippen molar-refractivity contribution in [2.24, 2.45) is 0 Å². The number of benzene rings is 9. The summed E-state index contributed by atoms with van der Waals surface area (Å²) in [5.41, 5.74) is 16.9. The number of hydrogen-bond acceptors (Lipinski definition) is 4. The molecule has 0 saturated heterocycles. The average molecular weight is 841 g/mol. The van der Waals surface area contributed by atoms with E-state index in [4.69, 9.17) is 15.4 Å². The molecule has 0 saturated carbocycles. The van der Waals surface area contributed by atoms with E-state index in [-0.39, 0.29) is 0 Å². The summed E-state index contributed by atoms with van der Waals surface area (Å²) < 4.78 is 14.0. The van der Waals surface area contributed by atoms with Gasteiger partial charge in [0.25, 0.3) is 0 Å². The van der Waals surface area contributed by atoms with Crippen molar-refractivity contribution in [2.45, 2.75) is 34.6 Å². The van der Waals surface area contributed by atoms with Crippen molar-refractivity contribution in [2.75, 3.05) is 9.80 Å². The van der Waals surface area contributed by atoms with Gasteiger partial charge in [-0.15, -0.1) is 0 Å². The fourth-order valence-corrected chi connectivity index (χ4v) is 9.45. The number of hydrogen-bond donors (Lipinski definition) is 0. The Hall–Kier alpha value is -8.08. The third kappa shape index (κ3) is 7.04. The van der Waals surface area contributed by atoms with Crippen LogP contribution in [0.15, 0.2) is 203 Å². The maximum atomic E-state index is 7.04. The Morgan fingerprint density at radius 1 is 0.400 bits per heavy atom. The molecular weight excluding hydrogens is 793 g/mol. The third-order valence-electron chi connectivity index (χ3n) is 12.9. The van der Waals surface area contributed by atoms with Gasteiger partial charge in [0.1, 0.15) is 11.2 Å². The van der Waals surface area contributed by atoms with Gasteiger partial charge in [0.05, 0.1) is 0 Å². The molecule has 65 heavy (non-hydrogen) atoms. The summed E-state index contributed by atoms with van der Waals surface area (Å²) in [6, 6.07) is 67.1. The van der Waals surface area contributed by atoms with Gasteiger partial charge in [-0.1, -0.05) is 110 Å². The Kier molecular flexibility index (Phi) is 9.74. The van der Waals surface area contributed by atoms with Crippen LogP contribution in [0, 0.1) is 34.6 Å². The minimum absolute atomic E-state index is 0.675. The Balaban J connectivity index is 1.07. The molecule has 0 aliphatic carbocycles. The van der Waals surface area contributed by atoms with Crippen LogP contribution in [0.4, 0.5) is 34.1 Å². The van der Waals surface area contributed by atoms with E-state index in [9.17, 15) is 0 Å². The summed E-state index contributed by atoms with van der Waals surface area (Å²) in [7, 11) is 0. The molecule has 0 radical (unpaired) electrons. The predicted octanol–water partition coefficient (Wildman–Crippen LogP) is 17.7. The van der Waals surface area contributed by atoms with E-state index in [1.54, 1.807) is 0 Å². The van der Waals surface area contributed by atoms with Crippen LogP contribution in [-0.4, -0.2) is 0 Å². The zero-order valence-corrected chi connectivity index (χ0v) is 37.3. The Morgan fingerprint density at radius 3 is 1.38 bits per heavy atom. The Labute approximate surface area is 379 Å². The highest BCUT2D eigenvalue weighted by Gasteiger charge is 2.26. The third-order valence-corrected chi connectivity index (χ3v) is 12.9. The summed E-state index contributed by atoms with van der Waals surface area (Å²) in [5.74, 6) is 1.38. The first kappa shape index (κ1) is 39.7. The zero-order chi connectivity index (χ0) is 44.3. The molecule has 0 fully saturated rings. The van der Waals surface area contributed by atoms with Gasteiger partial charge < -0.3 is 18.6 Å². The van der Waals surface area contributed by atoms with Gasteiger partial charge in [-0.3, -0.25) is 0 Å². The first-order valence-electron chi connectivity index (χ1n) is 22.3. The van der Waals surface area contributed by atoms with Crippen LogP contribution in [0.2, 0.25) is 0 Å².